The van der Waals surface area contributed by atoms with Crippen molar-refractivity contribution in [1.82, 2.24) is 4.98 Å². The van der Waals surface area contributed by atoms with Gasteiger partial charge in [-0.1, -0.05) is 11.6 Å². The maximum Gasteiger partial charge on any atom is 0.263 e. The summed E-state index contributed by atoms with van der Waals surface area (Å²) in [4.78, 5) is 3.82. The fraction of sp³-hybridized carbons (Fsp3) is 0. The van der Waals surface area contributed by atoms with Crippen molar-refractivity contribution in [2.45, 2.75) is 4.90 Å². The number of benzene rings is 1. The van der Waals surface area contributed by atoms with Crippen LogP contribution in [0, 0.1) is 11.3 Å². The minimum absolute atomic E-state index is 0.0171. The normalized spacial score (nSPS) is 10.8. The zero-order chi connectivity index (χ0) is 14.8. The largest absolute Gasteiger partial charge is 0.277 e. The van der Waals surface area contributed by atoms with Gasteiger partial charge in [0.15, 0.2) is 0 Å². The van der Waals surface area contributed by atoms with Gasteiger partial charge < -0.3 is 0 Å². The predicted octanol–water partition coefficient (Wildman–Crippen LogP) is 3.17. The van der Waals surface area contributed by atoms with Crippen molar-refractivity contribution in [3.63, 3.8) is 0 Å². The van der Waals surface area contributed by atoms with Gasteiger partial charge in [-0.2, -0.15) is 5.26 Å². The van der Waals surface area contributed by atoms with Gasteiger partial charge in [-0.15, -0.1) is 0 Å². The molecule has 0 aliphatic heterocycles. The van der Waals surface area contributed by atoms with E-state index in [1.165, 1.54) is 24.4 Å². The minimum Gasteiger partial charge on any atom is -0.277 e. The van der Waals surface area contributed by atoms with E-state index < -0.39 is 10.0 Å². The van der Waals surface area contributed by atoms with Crippen molar-refractivity contribution in [3.05, 3.63) is 51.7 Å². The summed E-state index contributed by atoms with van der Waals surface area (Å²) in [6.07, 6.45) is 1.52. The summed E-state index contributed by atoms with van der Waals surface area (Å²) >= 11 is 9.05. The van der Waals surface area contributed by atoms with E-state index in [9.17, 15) is 8.42 Å². The van der Waals surface area contributed by atoms with E-state index in [2.05, 4.69) is 25.6 Å². The molecule has 2 rings (SSSR count). The molecule has 102 valence electrons. The summed E-state index contributed by atoms with van der Waals surface area (Å²) in [5, 5.41) is 8.72. The van der Waals surface area contributed by atoms with Crippen LogP contribution < -0.4 is 4.72 Å². The summed E-state index contributed by atoms with van der Waals surface area (Å²) in [6, 6.07) is 9.02. The molecule has 8 heteroatoms. The van der Waals surface area contributed by atoms with E-state index in [1.807, 2.05) is 6.07 Å². The standard InChI is InChI=1S/C12H7BrClN3O2S/c13-12-10(2-1-5-16-12)17-20(18,19)11-4-3-8(7-15)6-9(11)14/h1-6,17H. The molecule has 0 aliphatic rings. The van der Waals surface area contributed by atoms with Crippen LogP contribution in [-0.2, 0) is 10.0 Å². The second-order valence-electron chi connectivity index (χ2n) is 3.70. The van der Waals surface area contributed by atoms with Crippen LogP contribution in [0.4, 0.5) is 5.69 Å². The Hall–Kier alpha value is -1.62. The predicted molar refractivity (Wildman–Crippen MR) is 78.9 cm³/mol. The van der Waals surface area contributed by atoms with Crippen molar-refractivity contribution in [1.29, 1.82) is 5.26 Å². The molecule has 0 unspecified atom stereocenters. The summed E-state index contributed by atoms with van der Waals surface area (Å²) in [7, 11) is -3.85. The third-order valence-corrected chi connectivity index (χ3v) is 4.83. The Morgan fingerprint density at radius 1 is 1.35 bits per heavy atom. The van der Waals surface area contributed by atoms with E-state index >= 15 is 0 Å². The summed E-state index contributed by atoms with van der Waals surface area (Å²) in [5.74, 6) is 0. The minimum atomic E-state index is -3.85. The molecule has 20 heavy (non-hydrogen) atoms. The van der Waals surface area contributed by atoms with Crippen molar-refractivity contribution >= 4 is 43.2 Å². The Labute approximate surface area is 129 Å². The van der Waals surface area contributed by atoms with Crippen LogP contribution in [0.25, 0.3) is 0 Å². The number of pyridine rings is 1. The van der Waals surface area contributed by atoms with Gasteiger partial charge in [0.05, 0.1) is 22.3 Å². The smallest absolute Gasteiger partial charge is 0.263 e. The second kappa shape index (κ2) is 5.79. The highest BCUT2D eigenvalue weighted by atomic mass is 79.9. The number of nitrogens with zero attached hydrogens (tertiary/aromatic N) is 2. The Morgan fingerprint density at radius 2 is 2.10 bits per heavy atom. The van der Waals surface area contributed by atoms with Crippen molar-refractivity contribution in [2.24, 2.45) is 0 Å². The third-order valence-electron chi connectivity index (χ3n) is 2.35. The van der Waals surface area contributed by atoms with Gasteiger partial charge in [0, 0.05) is 6.20 Å². The molecular weight excluding hydrogens is 366 g/mol. The van der Waals surface area contributed by atoms with Gasteiger partial charge in [0.2, 0.25) is 0 Å². The second-order valence-corrected chi connectivity index (χ2v) is 6.51. The van der Waals surface area contributed by atoms with Crippen LogP contribution in [0.2, 0.25) is 5.02 Å². The number of hydrogen-bond acceptors (Lipinski definition) is 4. The lowest BCUT2D eigenvalue weighted by atomic mass is 10.2. The van der Waals surface area contributed by atoms with Crippen molar-refractivity contribution in [2.75, 3.05) is 4.72 Å². The number of rotatable bonds is 3. The van der Waals surface area contributed by atoms with E-state index in [-0.39, 0.29) is 15.5 Å². The molecule has 0 amide bonds. The molecule has 0 saturated carbocycles. The van der Waals surface area contributed by atoms with Crippen LogP contribution in [0.3, 0.4) is 0 Å². The summed E-state index contributed by atoms with van der Waals surface area (Å²) < 4.78 is 27.2. The Kier molecular flexibility index (Phi) is 4.28. The number of aromatic nitrogens is 1. The van der Waals surface area contributed by atoms with Gasteiger partial charge in [-0.05, 0) is 46.3 Å². The fourth-order valence-electron chi connectivity index (χ4n) is 1.45. The molecule has 5 nitrogen and oxygen atoms in total. The number of hydrogen-bond donors (Lipinski definition) is 1. The molecule has 2 aromatic rings. The number of anilines is 1. The molecular formula is C12H7BrClN3O2S. The van der Waals surface area contributed by atoms with Gasteiger partial charge in [-0.25, -0.2) is 13.4 Å². The molecule has 1 N–H and O–H groups in total. The zero-order valence-electron chi connectivity index (χ0n) is 9.84. The lowest BCUT2D eigenvalue weighted by molar-refractivity contribution is 0.601. The molecule has 1 aromatic carbocycles. The summed E-state index contributed by atoms with van der Waals surface area (Å²) in [5.41, 5.74) is 0.587. The lowest BCUT2D eigenvalue weighted by Crippen LogP contribution is -2.14. The Morgan fingerprint density at radius 3 is 2.70 bits per heavy atom. The van der Waals surface area contributed by atoms with Crippen molar-refractivity contribution in [3.8, 4) is 6.07 Å². The van der Waals surface area contributed by atoms with Crippen LogP contribution in [0.5, 0.6) is 0 Å². The maximum absolute atomic E-state index is 12.2. The van der Waals surface area contributed by atoms with E-state index in [4.69, 9.17) is 16.9 Å². The SMILES string of the molecule is N#Cc1ccc(S(=O)(=O)Nc2cccnc2Br)c(Cl)c1. The van der Waals surface area contributed by atoms with Gasteiger partial charge >= 0.3 is 0 Å². The Balaban J connectivity index is 2.42. The van der Waals surface area contributed by atoms with Crippen LogP contribution in [0.15, 0.2) is 46.0 Å². The molecule has 1 heterocycles. The monoisotopic (exact) mass is 371 g/mol. The van der Waals surface area contributed by atoms with Gasteiger partial charge in [0.25, 0.3) is 10.0 Å². The molecule has 0 aliphatic carbocycles. The molecule has 0 radical (unpaired) electrons. The van der Waals surface area contributed by atoms with E-state index in [0.29, 0.717) is 10.3 Å². The lowest BCUT2D eigenvalue weighted by Gasteiger charge is -2.10. The number of sulfonamides is 1. The first-order valence-electron chi connectivity index (χ1n) is 5.27. The average molecular weight is 373 g/mol. The number of nitriles is 1. The maximum atomic E-state index is 12.2. The zero-order valence-corrected chi connectivity index (χ0v) is 13.0. The Bertz CT molecular complexity index is 803. The van der Waals surface area contributed by atoms with E-state index in [0.717, 1.165) is 0 Å². The third kappa shape index (κ3) is 3.10. The van der Waals surface area contributed by atoms with Crippen LogP contribution in [-0.4, -0.2) is 13.4 Å². The quantitative estimate of drug-likeness (QED) is 0.839. The van der Waals surface area contributed by atoms with Crippen LogP contribution >= 0.6 is 27.5 Å². The van der Waals surface area contributed by atoms with E-state index in [1.54, 1.807) is 12.1 Å². The molecule has 1 aromatic heterocycles. The van der Waals surface area contributed by atoms with Gasteiger partial charge in [-0.3, -0.25) is 4.72 Å². The highest BCUT2D eigenvalue weighted by Crippen LogP contribution is 2.27. The first-order chi connectivity index (χ1) is 9.44. The number of halogens is 2. The highest BCUT2D eigenvalue weighted by Gasteiger charge is 2.19. The highest BCUT2D eigenvalue weighted by molar-refractivity contribution is 9.10. The molecule has 0 atom stereocenters. The number of nitrogens with one attached hydrogen (secondary N) is 1. The summed E-state index contributed by atoms with van der Waals surface area (Å²) in [6.45, 7) is 0. The average Bonchev–Trinajstić information content (AvgIpc) is 2.40. The molecule has 0 spiro atoms. The van der Waals surface area contributed by atoms with Crippen molar-refractivity contribution < 1.29 is 8.42 Å². The fourth-order valence-corrected chi connectivity index (χ4v) is 3.54. The first-order valence-corrected chi connectivity index (χ1v) is 7.92. The first kappa shape index (κ1) is 14.8. The van der Waals surface area contributed by atoms with Crippen LogP contribution in [0.1, 0.15) is 5.56 Å². The van der Waals surface area contributed by atoms with Gasteiger partial charge in [0.1, 0.15) is 9.50 Å². The topological polar surface area (TPSA) is 82.8 Å². The molecule has 0 bridgehead atoms. The molecule has 0 saturated heterocycles. The molecule has 0 fully saturated rings.